The minimum absolute atomic E-state index is 0.359. The first-order valence-corrected chi connectivity index (χ1v) is 8.44. The van der Waals surface area contributed by atoms with E-state index in [1.807, 2.05) is 0 Å². The van der Waals surface area contributed by atoms with E-state index in [0.29, 0.717) is 22.2 Å². The molecule has 0 bridgehead atoms. The van der Waals surface area contributed by atoms with Crippen LogP contribution < -0.4 is 0 Å². The maximum Gasteiger partial charge on any atom is 0.0159 e. The molecule has 2 heterocycles. The van der Waals surface area contributed by atoms with Gasteiger partial charge in [0, 0.05) is 35.2 Å². The highest BCUT2D eigenvalue weighted by Gasteiger charge is 2.47. The van der Waals surface area contributed by atoms with Gasteiger partial charge < -0.3 is 0 Å². The number of likely N-dealkylation sites (tertiary alicyclic amines) is 2. The van der Waals surface area contributed by atoms with Crippen LogP contribution in [0.5, 0.6) is 0 Å². The Labute approximate surface area is 126 Å². The molecule has 0 aliphatic carbocycles. The van der Waals surface area contributed by atoms with Crippen molar-refractivity contribution in [1.82, 2.24) is 9.80 Å². The van der Waals surface area contributed by atoms with Gasteiger partial charge in [-0.2, -0.15) is 0 Å². The van der Waals surface area contributed by atoms with Gasteiger partial charge in [0.1, 0.15) is 0 Å². The highest BCUT2D eigenvalue weighted by Crippen LogP contribution is 2.43. The highest BCUT2D eigenvalue weighted by atomic mass is 15.3. The maximum atomic E-state index is 2.75. The lowest BCUT2D eigenvalue weighted by Crippen LogP contribution is -2.55. The van der Waals surface area contributed by atoms with Gasteiger partial charge in [0.05, 0.1) is 0 Å². The average molecular weight is 280 g/mol. The van der Waals surface area contributed by atoms with Crippen LogP contribution in [-0.2, 0) is 0 Å². The van der Waals surface area contributed by atoms with Gasteiger partial charge in [0.25, 0.3) is 0 Å². The Morgan fingerprint density at radius 1 is 0.500 bits per heavy atom. The Balaban J connectivity index is 2.08. The van der Waals surface area contributed by atoms with Crippen LogP contribution in [0.3, 0.4) is 0 Å². The molecule has 2 aliphatic rings. The largest absolute Gasteiger partial charge is 0.292 e. The van der Waals surface area contributed by atoms with Crippen LogP contribution >= 0.6 is 0 Å². The molecule has 2 aliphatic heterocycles. The first kappa shape index (κ1) is 16.3. The van der Waals surface area contributed by atoms with Crippen molar-refractivity contribution in [2.45, 2.75) is 103 Å². The molecule has 118 valence electrons. The average Bonchev–Trinajstić information content (AvgIpc) is 2.60. The van der Waals surface area contributed by atoms with Crippen LogP contribution in [0.1, 0.15) is 81.1 Å². The summed E-state index contributed by atoms with van der Waals surface area (Å²) in [6.07, 6.45) is 5.30. The fourth-order valence-electron chi connectivity index (χ4n) is 4.81. The summed E-state index contributed by atoms with van der Waals surface area (Å²) in [5.74, 6) is 0. The summed E-state index contributed by atoms with van der Waals surface area (Å²) in [5.41, 5.74) is 1.43. The van der Waals surface area contributed by atoms with Gasteiger partial charge in [-0.3, -0.25) is 9.80 Å². The van der Waals surface area contributed by atoms with Gasteiger partial charge in [-0.1, -0.05) is 0 Å². The molecule has 2 saturated heterocycles. The van der Waals surface area contributed by atoms with Gasteiger partial charge in [0.15, 0.2) is 0 Å². The third-order valence-electron chi connectivity index (χ3n) is 6.17. The van der Waals surface area contributed by atoms with Crippen molar-refractivity contribution in [3.63, 3.8) is 0 Å². The predicted octanol–water partition coefficient (Wildman–Crippen LogP) is 4.29. The fraction of sp³-hybridized carbons (Fsp3) is 1.00. The minimum atomic E-state index is 0.359. The first-order valence-electron chi connectivity index (χ1n) is 8.44. The van der Waals surface area contributed by atoms with E-state index in [1.165, 1.54) is 38.8 Å². The molecule has 0 radical (unpaired) electrons. The summed E-state index contributed by atoms with van der Waals surface area (Å²) in [7, 11) is 0. The molecule has 2 nitrogen and oxygen atoms in total. The summed E-state index contributed by atoms with van der Waals surface area (Å²) in [6.45, 7) is 21.8. The van der Waals surface area contributed by atoms with Crippen molar-refractivity contribution in [3.8, 4) is 0 Å². The molecule has 0 saturated carbocycles. The zero-order valence-electron chi connectivity index (χ0n) is 15.1. The molecule has 20 heavy (non-hydrogen) atoms. The van der Waals surface area contributed by atoms with Crippen molar-refractivity contribution in [3.05, 3.63) is 0 Å². The molecule has 0 aromatic carbocycles. The quantitative estimate of drug-likeness (QED) is 0.761. The van der Waals surface area contributed by atoms with Gasteiger partial charge in [-0.25, -0.2) is 0 Å². The molecule has 0 amide bonds. The number of hydrogen-bond acceptors (Lipinski definition) is 2. The molecule has 0 atom stereocenters. The fourth-order valence-corrected chi connectivity index (χ4v) is 4.81. The summed E-state index contributed by atoms with van der Waals surface area (Å²) < 4.78 is 0. The molecule has 2 heteroatoms. The van der Waals surface area contributed by atoms with Crippen LogP contribution in [0.25, 0.3) is 0 Å². The first-order chi connectivity index (χ1) is 8.89. The van der Waals surface area contributed by atoms with Gasteiger partial charge >= 0.3 is 0 Å². The van der Waals surface area contributed by atoms with E-state index in [1.54, 1.807) is 0 Å². The second kappa shape index (κ2) is 4.71. The van der Waals surface area contributed by atoms with Crippen molar-refractivity contribution >= 4 is 0 Å². The van der Waals surface area contributed by atoms with Crippen molar-refractivity contribution in [1.29, 1.82) is 0 Å². The molecule has 0 aromatic rings. The van der Waals surface area contributed by atoms with Crippen LogP contribution in [0.2, 0.25) is 0 Å². The van der Waals surface area contributed by atoms with Crippen LogP contribution in [0, 0.1) is 0 Å². The minimum Gasteiger partial charge on any atom is -0.292 e. The number of rotatable bonds is 3. The lowest BCUT2D eigenvalue weighted by Gasteiger charge is -2.45. The lowest BCUT2D eigenvalue weighted by molar-refractivity contribution is 0.0239. The molecule has 0 N–H and O–H groups in total. The molecular weight excluding hydrogens is 244 g/mol. The van der Waals surface area contributed by atoms with Crippen LogP contribution in [-0.4, -0.2) is 45.0 Å². The van der Waals surface area contributed by atoms with Crippen molar-refractivity contribution < 1.29 is 0 Å². The highest BCUT2D eigenvalue weighted by molar-refractivity contribution is 5.03. The number of hydrogen-bond donors (Lipinski definition) is 0. The molecular formula is C18H36N2. The standard InChI is InChI=1S/C18H36N2/c1-15(2)9-10-16(3,4)19(15)13-14-20-17(5,6)11-12-18(20,7)8/h9-14H2,1-8H3. The summed E-state index contributed by atoms with van der Waals surface area (Å²) in [6, 6.07) is 0. The van der Waals surface area contributed by atoms with E-state index in [-0.39, 0.29) is 0 Å². The zero-order chi connectivity index (χ0) is 15.4. The third kappa shape index (κ3) is 2.78. The SMILES string of the molecule is CC1(C)CCC(C)(C)N1CCN1C(C)(C)CCC1(C)C. The predicted molar refractivity (Wildman–Crippen MR) is 88.2 cm³/mol. The topological polar surface area (TPSA) is 6.48 Å². The molecule has 0 unspecified atom stereocenters. The van der Waals surface area contributed by atoms with E-state index >= 15 is 0 Å². The summed E-state index contributed by atoms with van der Waals surface area (Å²) in [5, 5.41) is 0. The van der Waals surface area contributed by atoms with Gasteiger partial charge in [-0.15, -0.1) is 0 Å². The van der Waals surface area contributed by atoms with E-state index in [9.17, 15) is 0 Å². The Kier molecular flexibility index (Phi) is 3.84. The van der Waals surface area contributed by atoms with Crippen molar-refractivity contribution in [2.24, 2.45) is 0 Å². The number of nitrogens with zero attached hydrogens (tertiary/aromatic N) is 2. The molecule has 2 fully saturated rings. The third-order valence-corrected chi connectivity index (χ3v) is 6.17. The van der Waals surface area contributed by atoms with Crippen molar-refractivity contribution in [2.75, 3.05) is 13.1 Å². The molecule has 0 spiro atoms. The molecule has 2 rings (SSSR count). The van der Waals surface area contributed by atoms with E-state index in [4.69, 9.17) is 0 Å². The van der Waals surface area contributed by atoms with Gasteiger partial charge in [0.2, 0.25) is 0 Å². The smallest absolute Gasteiger partial charge is 0.0159 e. The molecule has 0 aromatic heterocycles. The second-order valence-electron chi connectivity index (χ2n) is 9.55. The van der Waals surface area contributed by atoms with Crippen LogP contribution in [0.15, 0.2) is 0 Å². The Hall–Kier alpha value is -0.0800. The van der Waals surface area contributed by atoms with Crippen LogP contribution in [0.4, 0.5) is 0 Å². The summed E-state index contributed by atoms with van der Waals surface area (Å²) >= 11 is 0. The Morgan fingerprint density at radius 3 is 0.900 bits per heavy atom. The zero-order valence-corrected chi connectivity index (χ0v) is 15.1. The second-order valence-corrected chi connectivity index (χ2v) is 9.55. The monoisotopic (exact) mass is 280 g/mol. The van der Waals surface area contributed by atoms with Gasteiger partial charge in [-0.05, 0) is 81.1 Å². The lowest BCUT2D eigenvalue weighted by atomic mass is 10.0. The maximum absolute atomic E-state index is 2.75. The van der Waals surface area contributed by atoms with E-state index < -0.39 is 0 Å². The van der Waals surface area contributed by atoms with E-state index in [2.05, 4.69) is 65.2 Å². The Bertz CT molecular complexity index is 298. The van der Waals surface area contributed by atoms with E-state index in [0.717, 1.165) is 0 Å². The normalized spacial score (nSPS) is 31.8. The Morgan fingerprint density at radius 2 is 0.700 bits per heavy atom. The summed E-state index contributed by atoms with van der Waals surface area (Å²) in [4.78, 5) is 5.51.